The van der Waals surface area contributed by atoms with Gasteiger partial charge in [0, 0.05) is 0 Å². The van der Waals surface area contributed by atoms with Gasteiger partial charge in [0.25, 0.3) is 5.91 Å². The maximum atomic E-state index is 12.8. The van der Waals surface area contributed by atoms with E-state index in [1.54, 1.807) is 30.3 Å². The molecule has 154 valence electrons. The lowest BCUT2D eigenvalue weighted by Crippen LogP contribution is -2.30. The lowest BCUT2D eigenvalue weighted by molar-refractivity contribution is -0.113. The topological polar surface area (TPSA) is 78.9 Å². The number of rotatable bonds is 6. The molecule has 0 atom stereocenters. The summed E-state index contributed by atoms with van der Waals surface area (Å²) in [4.78, 5) is 25.1. The number of ether oxygens (including phenoxy) is 1. The second kappa shape index (κ2) is 8.81. The predicted octanol–water partition coefficient (Wildman–Crippen LogP) is 4.23. The molecule has 6 nitrogen and oxygen atoms in total. The molecule has 7 heteroatoms. The first-order valence-electron chi connectivity index (χ1n) is 9.48. The zero-order valence-corrected chi connectivity index (χ0v) is 17.1. The van der Waals surface area contributed by atoms with Gasteiger partial charge in [0.15, 0.2) is 5.11 Å². The summed E-state index contributed by atoms with van der Waals surface area (Å²) in [5, 5.41) is 12.3. The Bertz CT molecular complexity index is 1160. The van der Waals surface area contributed by atoms with Gasteiger partial charge in [0.1, 0.15) is 18.1 Å². The first kappa shape index (κ1) is 20.3. The molecule has 3 aromatic rings. The average Bonchev–Trinajstić information content (AvgIpc) is 3.07. The number of benzene rings is 3. The molecule has 0 spiro atoms. The Labute approximate surface area is 184 Å². The van der Waals surface area contributed by atoms with Crippen LogP contribution in [0.4, 0.5) is 5.69 Å². The van der Waals surface area contributed by atoms with Crippen LogP contribution in [-0.2, 0) is 11.4 Å². The highest BCUT2D eigenvalue weighted by Crippen LogP contribution is 2.23. The molecule has 1 fully saturated rings. The highest BCUT2D eigenvalue weighted by Gasteiger charge is 2.31. The van der Waals surface area contributed by atoms with Crippen LogP contribution in [0.1, 0.15) is 21.5 Å². The van der Waals surface area contributed by atoms with Gasteiger partial charge in [-0.2, -0.15) is 0 Å². The second-order valence-electron chi connectivity index (χ2n) is 6.82. The van der Waals surface area contributed by atoms with Gasteiger partial charge < -0.3 is 15.2 Å². The van der Waals surface area contributed by atoms with Crippen LogP contribution in [0.25, 0.3) is 6.08 Å². The molecule has 2 N–H and O–H groups in total. The molecule has 1 amide bonds. The molecule has 1 saturated heterocycles. The van der Waals surface area contributed by atoms with Crippen LogP contribution in [-0.4, -0.2) is 22.1 Å². The van der Waals surface area contributed by atoms with Crippen molar-refractivity contribution in [2.45, 2.75) is 6.61 Å². The molecule has 1 aliphatic heterocycles. The molecule has 3 aromatic carbocycles. The maximum absolute atomic E-state index is 12.8. The van der Waals surface area contributed by atoms with Crippen LogP contribution in [0.15, 0.2) is 84.6 Å². The Morgan fingerprint density at radius 2 is 1.68 bits per heavy atom. The minimum atomic E-state index is -0.958. The fourth-order valence-electron chi connectivity index (χ4n) is 3.08. The highest BCUT2D eigenvalue weighted by molar-refractivity contribution is 7.80. The van der Waals surface area contributed by atoms with Gasteiger partial charge in [-0.25, -0.2) is 4.79 Å². The standard InChI is InChI=1S/C24H18N2O4S/c27-22-21(25-24(31)26(22)19-4-2-1-3-5-19)14-16-8-12-20(13-9-16)30-15-17-6-10-18(11-7-17)23(28)29/h1-14H,15H2,(H,25,31)(H,28,29). The molecule has 0 saturated carbocycles. The summed E-state index contributed by atoms with van der Waals surface area (Å²) in [5.41, 5.74) is 3.05. The van der Waals surface area contributed by atoms with Crippen LogP contribution in [0.2, 0.25) is 0 Å². The van der Waals surface area contributed by atoms with Gasteiger partial charge in [-0.3, -0.25) is 9.69 Å². The number of carbonyl (C=O) groups is 2. The van der Waals surface area contributed by atoms with E-state index in [0.29, 0.717) is 28.9 Å². The smallest absolute Gasteiger partial charge is 0.335 e. The zero-order chi connectivity index (χ0) is 21.8. The van der Waals surface area contributed by atoms with E-state index < -0.39 is 5.97 Å². The molecular weight excluding hydrogens is 412 g/mol. The number of carboxylic acids is 1. The van der Waals surface area contributed by atoms with Crippen LogP contribution in [0, 0.1) is 0 Å². The summed E-state index contributed by atoms with van der Waals surface area (Å²) < 4.78 is 5.75. The van der Waals surface area contributed by atoms with E-state index in [0.717, 1.165) is 11.1 Å². The Balaban J connectivity index is 1.41. The Morgan fingerprint density at radius 1 is 1.00 bits per heavy atom. The fraction of sp³-hybridized carbons (Fsp3) is 0.0417. The number of amides is 1. The lowest BCUT2D eigenvalue weighted by Gasteiger charge is -2.13. The minimum absolute atomic E-state index is 0.207. The molecule has 0 radical (unpaired) electrons. The van der Waals surface area contributed by atoms with Crippen LogP contribution in [0.3, 0.4) is 0 Å². The number of hydrogen-bond donors (Lipinski definition) is 2. The molecular formula is C24H18N2O4S. The zero-order valence-electron chi connectivity index (χ0n) is 16.3. The molecule has 0 unspecified atom stereocenters. The van der Waals surface area contributed by atoms with Gasteiger partial charge in [-0.1, -0.05) is 42.5 Å². The summed E-state index contributed by atoms with van der Waals surface area (Å²) in [7, 11) is 0. The summed E-state index contributed by atoms with van der Waals surface area (Å²) in [5.74, 6) is -0.502. The van der Waals surface area contributed by atoms with Gasteiger partial charge in [-0.05, 0) is 65.8 Å². The summed E-state index contributed by atoms with van der Waals surface area (Å²) >= 11 is 5.32. The number of carbonyl (C=O) groups excluding carboxylic acids is 1. The number of hydrogen-bond acceptors (Lipinski definition) is 4. The van der Waals surface area contributed by atoms with Crippen LogP contribution >= 0.6 is 12.2 Å². The third-order valence-corrected chi connectivity index (χ3v) is 4.97. The lowest BCUT2D eigenvalue weighted by atomic mass is 10.1. The van der Waals surface area contributed by atoms with Crippen molar-refractivity contribution in [2.24, 2.45) is 0 Å². The molecule has 1 heterocycles. The highest BCUT2D eigenvalue weighted by atomic mass is 32.1. The van der Waals surface area contributed by atoms with Crippen molar-refractivity contribution in [1.29, 1.82) is 0 Å². The van der Waals surface area contributed by atoms with E-state index in [1.165, 1.54) is 4.90 Å². The first-order valence-corrected chi connectivity index (χ1v) is 9.89. The molecule has 4 rings (SSSR count). The van der Waals surface area contributed by atoms with Gasteiger partial charge in [-0.15, -0.1) is 0 Å². The van der Waals surface area contributed by atoms with E-state index in [4.69, 9.17) is 22.1 Å². The number of nitrogens with one attached hydrogen (secondary N) is 1. The third kappa shape index (κ3) is 4.62. The van der Waals surface area contributed by atoms with E-state index >= 15 is 0 Å². The van der Waals surface area contributed by atoms with E-state index in [9.17, 15) is 9.59 Å². The van der Waals surface area contributed by atoms with Crippen molar-refractivity contribution in [3.8, 4) is 5.75 Å². The third-order valence-electron chi connectivity index (χ3n) is 4.69. The van der Waals surface area contributed by atoms with Crippen molar-refractivity contribution in [3.63, 3.8) is 0 Å². The fourth-order valence-corrected chi connectivity index (χ4v) is 3.38. The Hall–Kier alpha value is -3.97. The number of carboxylic acid groups (broad SMARTS) is 1. The van der Waals surface area contributed by atoms with Crippen LogP contribution in [0.5, 0.6) is 5.75 Å². The SMILES string of the molecule is O=C(O)c1ccc(COc2ccc(C=C3NC(=S)N(c4ccccc4)C3=O)cc2)cc1. The molecule has 0 aliphatic carbocycles. The molecule has 31 heavy (non-hydrogen) atoms. The van der Waals surface area contributed by atoms with Crippen molar-refractivity contribution in [3.05, 3.63) is 101 Å². The van der Waals surface area contributed by atoms with Crippen molar-refractivity contribution in [1.82, 2.24) is 5.32 Å². The van der Waals surface area contributed by atoms with Gasteiger partial charge in [0.2, 0.25) is 0 Å². The molecule has 0 aromatic heterocycles. The van der Waals surface area contributed by atoms with E-state index in [1.807, 2.05) is 54.6 Å². The maximum Gasteiger partial charge on any atom is 0.335 e. The number of anilines is 1. The molecule has 1 aliphatic rings. The first-order chi connectivity index (χ1) is 15.0. The van der Waals surface area contributed by atoms with Crippen LogP contribution < -0.4 is 15.0 Å². The van der Waals surface area contributed by atoms with Gasteiger partial charge >= 0.3 is 5.97 Å². The number of para-hydroxylation sites is 1. The summed E-state index contributed by atoms with van der Waals surface area (Å²) in [6, 6.07) is 23.1. The van der Waals surface area contributed by atoms with Crippen molar-refractivity contribution < 1.29 is 19.4 Å². The van der Waals surface area contributed by atoms with Gasteiger partial charge in [0.05, 0.1) is 11.3 Å². The second-order valence-corrected chi connectivity index (χ2v) is 7.21. The summed E-state index contributed by atoms with van der Waals surface area (Å²) in [6.45, 7) is 0.320. The van der Waals surface area contributed by atoms with Crippen molar-refractivity contribution in [2.75, 3.05) is 4.90 Å². The van der Waals surface area contributed by atoms with E-state index in [2.05, 4.69) is 5.32 Å². The largest absolute Gasteiger partial charge is 0.489 e. The average molecular weight is 430 g/mol. The Morgan fingerprint density at radius 3 is 2.32 bits per heavy atom. The monoisotopic (exact) mass is 430 g/mol. The number of thiocarbonyl (C=S) groups is 1. The normalized spacial score (nSPS) is 14.6. The molecule has 0 bridgehead atoms. The number of aromatic carboxylic acids is 1. The number of nitrogens with zero attached hydrogens (tertiary/aromatic N) is 1. The Kier molecular flexibility index (Phi) is 5.77. The van der Waals surface area contributed by atoms with E-state index in [-0.39, 0.29) is 11.5 Å². The quantitative estimate of drug-likeness (QED) is 0.450. The predicted molar refractivity (Wildman–Crippen MR) is 122 cm³/mol. The minimum Gasteiger partial charge on any atom is -0.489 e. The van der Waals surface area contributed by atoms with Crippen molar-refractivity contribution >= 4 is 41.0 Å². The summed E-state index contributed by atoms with van der Waals surface area (Å²) in [6.07, 6.45) is 1.74.